The number of hydrogen-bond donors (Lipinski definition) is 0. The van der Waals surface area contributed by atoms with Gasteiger partial charge in [-0.15, -0.1) is 5.06 Å². The molecule has 0 spiro atoms. The maximum Gasteiger partial charge on any atom is 0.285 e. The molecule has 0 bridgehead atoms. The maximum atomic E-state index is 12.3. The van der Waals surface area contributed by atoms with Gasteiger partial charge >= 0.3 is 0 Å². The van der Waals surface area contributed by atoms with E-state index in [1.807, 2.05) is 0 Å². The van der Waals surface area contributed by atoms with E-state index in [4.69, 9.17) is 4.84 Å². The number of rotatable bonds is 10. The number of benzene rings is 1. The van der Waals surface area contributed by atoms with Crippen molar-refractivity contribution in [2.75, 3.05) is 6.61 Å². The summed E-state index contributed by atoms with van der Waals surface area (Å²) in [6, 6.07) is 6.84. The van der Waals surface area contributed by atoms with E-state index in [2.05, 4.69) is 46.8 Å². The van der Waals surface area contributed by atoms with Crippen LogP contribution in [0.1, 0.15) is 87.4 Å². The summed E-state index contributed by atoms with van der Waals surface area (Å²) < 4.78 is 0. The summed E-state index contributed by atoms with van der Waals surface area (Å²) in [6.45, 7) is 11.2. The van der Waals surface area contributed by atoms with Gasteiger partial charge in [-0.25, -0.2) is 0 Å². The Hall–Kier alpha value is -2.20. The minimum absolute atomic E-state index is 0.0787. The van der Waals surface area contributed by atoms with Crippen LogP contribution in [0.4, 0.5) is 0 Å². The molecule has 0 aliphatic carbocycles. The predicted molar refractivity (Wildman–Crippen MR) is 113 cm³/mol. The van der Waals surface area contributed by atoms with Crippen molar-refractivity contribution >= 4 is 11.8 Å². The Labute approximate surface area is 169 Å². The zero-order valence-corrected chi connectivity index (χ0v) is 17.9. The molecule has 2 amide bonds. The van der Waals surface area contributed by atoms with Gasteiger partial charge in [-0.1, -0.05) is 49.3 Å². The third kappa shape index (κ3) is 6.16. The highest BCUT2D eigenvalue weighted by Gasteiger charge is 2.36. The standard InChI is InChI=1S/C24H33NO3/c1-18(2)10-8-11-19(3)12-9-15-24(4,5)16-17-28-25-22(26)20-13-6-7-14-21(20)23(25)27/h6-7,10,12-14H,8-9,11,15-17H2,1-5H3. The normalized spacial score (nSPS) is 14.5. The molecule has 0 atom stereocenters. The molecule has 4 heteroatoms. The molecule has 1 aromatic carbocycles. The molecule has 0 aromatic heterocycles. The number of hydrogen-bond acceptors (Lipinski definition) is 3. The third-order valence-corrected chi connectivity index (χ3v) is 5.16. The summed E-state index contributed by atoms with van der Waals surface area (Å²) >= 11 is 0. The first-order valence-electron chi connectivity index (χ1n) is 10.1. The molecule has 0 N–H and O–H groups in total. The molecule has 4 nitrogen and oxygen atoms in total. The summed E-state index contributed by atoms with van der Waals surface area (Å²) in [5, 5.41) is 0.911. The first-order chi connectivity index (χ1) is 13.2. The van der Waals surface area contributed by atoms with E-state index >= 15 is 0 Å². The molecule has 0 unspecified atom stereocenters. The number of allylic oxidation sites excluding steroid dienone is 4. The summed E-state index contributed by atoms with van der Waals surface area (Å²) in [6.07, 6.45) is 9.66. The van der Waals surface area contributed by atoms with Gasteiger partial charge in [0.25, 0.3) is 11.8 Å². The number of imide groups is 1. The lowest BCUT2D eigenvalue weighted by Gasteiger charge is -2.25. The molecule has 1 heterocycles. The van der Waals surface area contributed by atoms with E-state index in [0.29, 0.717) is 17.7 Å². The van der Waals surface area contributed by atoms with Gasteiger partial charge in [0.1, 0.15) is 0 Å². The van der Waals surface area contributed by atoms with Crippen LogP contribution in [0.2, 0.25) is 0 Å². The lowest BCUT2D eigenvalue weighted by Crippen LogP contribution is -2.31. The van der Waals surface area contributed by atoms with E-state index in [-0.39, 0.29) is 17.2 Å². The molecule has 1 aliphatic rings. The highest BCUT2D eigenvalue weighted by molar-refractivity contribution is 6.20. The van der Waals surface area contributed by atoms with Crippen molar-refractivity contribution < 1.29 is 14.4 Å². The number of hydroxylamine groups is 2. The predicted octanol–water partition coefficient (Wildman–Crippen LogP) is 6.10. The average Bonchev–Trinajstić information content (AvgIpc) is 2.86. The van der Waals surface area contributed by atoms with E-state index in [1.54, 1.807) is 24.3 Å². The van der Waals surface area contributed by atoms with Crippen LogP contribution >= 0.6 is 0 Å². The molecule has 0 fully saturated rings. The van der Waals surface area contributed by atoms with Crippen LogP contribution in [0.5, 0.6) is 0 Å². The largest absolute Gasteiger partial charge is 0.285 e. The number of carbonyl (C=O) groups excluding carboxylic acids is 2. The van der Waals surface area contributed by atoms with E-state index < -0.39 is 0 Å². The van der Waals surface area contributed by atoms with Gasteiger partial charge in [0.2, 0.25) is 0 Å². The van der Waals surface area contributed by atoms with Gasteiger partial charge in [-0.2, -0.15) is 0 Å². The quantitative estimate of drug-likeness (QED) is 0.362. The molecule has 0 saturated carbocycles. The molecule has 1 aliphatic heterocycles. The van der Waals surface area contributed by atoms with Crippen molar-refractivity contribution in [2.24, 2.45) is 5.41 Å². The molecule has 0 radical (unpaired) electrons. The van der Waals surface area contributed by atoms with Gasteiger partial charge in [0.15, 0.2) is 0 Å². The van der Waals surface area contributed by atoms with Crippen molar-refractivity contribution in [1.29, 1.82) is 0 Å². The number of carbonyl (C=O) groups is 2. The van der Waals surface area contributed by atoms with Crippen LogP contribution in [-0.4, -0.2) is 23.5 Å². The Balaban J connectivity index is 1.76. The Morgan fingerprint density at radius 1 is 0.964 bits per heavy atom. The second-order valence-corrected chi connectivity index (χ2v) is 8.61. The van der Waals surface area contributed by atoms with E-state index in [9.17, 15) is 9.59 Å². The molecule has 152 valence electrons. The fourth-order valence-electron chi connectivity index (χ4n) is 3.22. The van der Waals surface area contributed by atoms with Gasteiger partial charge in [-0.05, 0) is 70.4 Å². The highest BCUT2D eigenvalue weighted by Crippen LogP contribution is 2.29. The average molecular weight is 384 g/mol. The molecular formula is C24H33NO3. The molecular weight excluding hydrogens is 350 g/mol. The summed E-state index contributed by atoms with van der Waals surface area (Å²) in [5.41, 5.74) is 3.71. The number of fused-ring (bicyclic) bond motifs is 1. The van der Waals surface area contributed by atoms with Crippen molar-refractivity contribution in [3.8, 4) is 0 Å². The monoisotopic (exact) mass is 383 g/mol. The first kappa shape index (κ1) is 22.1. The zero-order valence-electron chi connectivity index (χ0n) is 17.9. The van der Waals surface area contributed by atoms with Gasteiger partial charge in [0, 0.05) is 0 Å². The molecule has 28 heavy (non-hydrogen) atoms. The van der Waals surface area contributed by atoms with Crippen LogP contribution in [0.25, 0.3) is 0 Å². The second-order valence-electron chi connectivity index (χ2n) is 8.61. The Morgan fingerprint density at radius 2 is 1.57 bits per heavy atom. The summed E-state index contributed by atoms with van der Waals surface area (Å²) in [7, 11) is 0. The smallest absolute Gasteiger partial charge is 0.266 e. The maximum absolute atomic E-state index is 12.3. The van der Waals surface area contributed by atoms with Crippen LogP contribution in [0, 0.1) is 5.41 Å². The van der Waals surface area contributed by atoms with Crippen LogP contribution in [0.3, 0.4) is 0 Å². The first-order valence-corrected chi connectivity index (χ1v) is 10.1. The lowest BCUT2D eigenvalue weighted by molar-refractivity contribution is -0.0980. The SMILES string of the molecule is CC(C)=CCCC(C)=CCCC(C)(C)CCON1C(=O)c2ccccc2C1=O. The van der Waals surface area contributed by atoms with Crippen LogP contribution in [-0.2, 0) is 4.84 Å². The zero-order chi connectivity index (χ0) is 20.7. The Bertz CT molecular complexity index is 735. The highest BCUT2D eigenvalue weighted by atomic mass is 16.7. The summed E-state index contributed by atoms with van der Waals surface area (Å²) in [5.74, 6) is -0.735. The molecule has 0 saturated heterocycles. The fourth-order valence-corrected chi connectivity index (χ4v) is 3.22. The minimum Gasteiger partial charge on any atom is -0.266 e. The minimum atomic E-state index is -0.367. The van der Waals surface area contributed by atoms with Crippen LogP contribution in [0.15, 0.2) is 47.6 Å². The van der Waals surface area contributed by atoms with Gasteiger partial charge in [-0.3, -0.25) is 14.4 Å². The number of nitrogens with zero attached hydrogens (tertiary/aromatic N) is 1. The van der Waals surface area contributed by atoms with Crippen molar-refractivity contribution in [3.63, 3.8) is 0 Å². The third-order valence-electron chi connectivity index (χ3n) is 5.16. The Kier molecular flexibility index (Phi) is 7.76. The second kappa shape index (κ2) is 9.83. The topological polar surface area (TPSA) is 46.6 Å². The Morgan fingerprint density at radius 3 is 2.14 bits per heavy atom. The fraction of sp³-hybridized carbons (Fsp3) is 0.500. The lowest BCUT2D eigenvalue weighted by atomic mass is 9.84. The van der Waals surface area contributed by atoms with Crippen molar-refractivity contribution in [2.45, 2.75) is 66.7 Å². The van der Waals surface area contributed by atoms with Gasteiger partial charge < -0.3 is 0 Å². The summed E-state index contributed by atoms with van der Waals surface area (Å²) in [4.78, 5) is 30.2. The molecule has 1 aromatic rings. The van der Waals surface area contributed by atoms with E-state index in [1.165, 1.54) is 11.1 Å². The van der Waals surface area contributed by atoms with Crippen LogP contribution < -0.4 is 0 Å². The van der Waals surface area contributed by atoms with Crippen molar-refractivity contribution in [1.82, 2.24) is 5.06 Å². The molecule has 2 rings (SSSR count). The number of amides is 2. The van der Waals surface area contributed by atoms with E-state index in [0.717, 1.165) is 37.2 Å². The van der Waals surface area contributed by atoms with Gasteiger partial charge in [0.05, 0.1) is 17.7 Å². The van der Waals surface area contributed by atoms with Crippen molar-refractivity contribution in [3.05, 3.63) is 58.7 Å².